The summed E-state index contributed by atoms with van der Waals surface area (Å²) in [5.41, 5.74) is 1.98. The third-order valence-electron chi connectivity index (χ3n) is 2.57. The quantitative estimate of drug-likeness (QED) is 0.754. The van der Waals surface area contributed by atoms with Crippen LogP contribution in [-0.2, 0) is 4.74 Å². The molecule has 0 saturated carbocycles. The molecule has 1 atom stereocenters. The van der Waals surface area contributed by atoms with E-state index >= 15 is 0 Å². The molecule has 0 aliphatic carbocycles. The average Bonchev–Trinajstić information content (AvgIpc) is 2.29. The third-order valence-corrected chi connectivity index (χ3v) is 2.57. The van der Waals surface area contributed by atoms with E-state index < -0.39 is 6.10 Å². The zero-order valence-electron chi connectivity index (χ0n) is 10.2. The summed E-state index contributed by atoms with van der Waals surface area (Å²) in [7, 11) is 3.29. The number of ether oxygens (including phenoxy) is 2. The summed E-state index contributed by atoms with van der Waals surface area (Å²) in [5, 5.41) is 10.0. The maximum atomic E-state index is 10.0. The van der Waals surface area contributed by atoms with Gasteiger partial charge in [0.25, 0.3) is 0 Å². The first-order valence-corrected chi connectivity index (χ1v) is 5.50. The van der Waals surface area contributed by atoms with Crippen LogP contribution in [0.25, 0.3) is 0 Å². The molecule has 0 amide bonds. The van der Waals surface area contributed by atoms with Crippen molar-refractivity contribution in [3.8, 4) is 5.75 Å². The fraction of sp³-hybridized carbons (Fsp3) is 0.538. The topological polar surface area (TPSA) is 38.7 Å². The number of methoxy groups -OCH3 is 2. The van der Waals surface area contributed by atoms with Crippen LogP contribution in [0.1, 0.15) is 30.1 Å². The van der Waals surface area contributed by atoms with E-state index in [0.717, 1.165) is 23.3 Å². The largest absolute Gasteiger partial charge is 0.496 e. The molecule has 3 nitrogen and oxygen atoms in total. The van der Waals surface area contributed by atoms with E-state index in [4.69, 9.17) is 9.47 Å². The van der Waals surface area contributed by atoms with Crippen molar-refractivity contribution in [2.45, 2.75) is 25.9 Å². The molecule has 16 heavy (non-hydrogen) atoms. The second kappa shape index (κ2) is 6.51. The van der Waals surface area contributed by atoms with Crippen molar-refractivity contribution in [3.05, 3.63) is 29.3 Å². The summed E-state index contributed by atoms with van der Waals surface area (Å²) in [6.45, 7) is 2.68. The Kier molecular flexibility index (Phi) is 5.29. The van der Waals surface area contributed by atoms with E-state index in [9.17, 15) is 5.11 Å². The third kappa shape index (κ3) is 3.51. The van der Waals surface area contributed by atoms with E-state index in [-0.39, 0.29) is 0 Å². The molecule has 1 rings (SSSR count). The second-order valence-electron chi connectivity index (χ2n) is 3.90. The first-order chi connectivity index (χ1) is 7.69. The van der Waals surface area contributed by atoms with E-state index in [0.29, 0.717) is 13.0 Å². The molecule has 0 aliphatic heterocycles. The van der Waals surface area contributed by atoms with E-state index in [1.165, 1.54) is 0 Å². The average molecular weight is 224 g/mol. The van der Waals surface area contributed by atoms with Crippen LogP contribution in [0.3, 0.4) is 0 Å². The molecule has 1 aromatic carbocycles. The van der Waals surface area contributed by atoms with Crippen LogP contribution in [0.4, 0.5) is 0 Å². The Hall–Kier alpha value is -1.06. The van der Waals surface area contributed by atoms with Crippen molar-refractivity contribution in [1.82, 2.24) is 0 Å². The van der Waals surface area contributed by atoms with Gasteiger partial charge in [0.15, 0.2) is 0 Å². The Morgan fingerprint density at radius 3 is 2.69 bits per heavy atom. The highest BCUT2D eigenvalue weighted by atomic mass is 16.5. The Morgan fingerprint density at radius 1 is 1.31 bits per heavy atom. The molecule has 0 fully saturated rings. The van der Waals surface area contributed by atoms with Crippen LogP contribution in [0.5, 0.6) is 5.75 Å². The lowest BCUT2D eigenvalue weighted by Gasteiger charge is -2.15. The van der Waals surface area contributed by atoms with Gasteiger partial charge < -0.3 is 14.6 Å². The first-order valence-electron chi connectivity index (χ1n) is 5.50. The van der Waals surface area contributed by atoms with Gasteiger partial charge in [-0.25, -0.2) is 0 Å². The Labute approximate surface area is 97.0 Å². The van der Waals surface area contributed by atoms with Crippen LogP contribution in [0, 0.1) is 6.92 Å². The number of hydrogen-bond acceptors (Lipinski definition) is 3. The van der Waals surface area contributed by atoms with Crippen molar-refractivity contribution >= 4 is 0 Å². The zero-order valence-corrected chi connectivity index (χ0v) is 10.2. The fourth-order valence-electron chi connectivity index (χ4n) is 1.67. The first kappa shape index (κ1) is 13.0. The summed E-state index contributed by atoms with van der Waals surface area (Å²) < 4.78 is 10.2. The van der Waals surface area contributed by atoms with E-state index in [2.05, 4.69) is 0 Å². The predicted molar refractivity (Wildman–Crippen MR) is 63.8 cm³/mol. The molecule has 0 heterocycles. The van der Waals surface area contributed by atoms with Gasteiger partial charge >= 0.3 is 0 Å². The Morgan fingerprint density at radius 2 is 2.06 bits per heavy atom. The minimum atomic E-state index is -0.481. The molecule has 0 aromatic heterocycles. The van der Waals surface area contributed by atoms with Gasteiger partial charge in [0.05, 0.1) is 13.2 Å². The minimum Gasteiger partial charge on any atom is -0.496 e. The van der Waals surface area contributed by atoms with Crippen LogP contribution >= 0.6 is 0 Å². The number of aliphatic hydroxyl groups is 1. The van der Waals surface area contributed by atoms with Crippen molar-refractivity contribution in [3.63, 3.8) is 0 Å². The molecule has 0 saturated heterocycles. The highest BCUT2D eigenvalue weighted by Crippen LogP contribution is 2.28. The molecular weight excluding hydrogens is 204 g/mol. The van der Waals surface area contributed by atoms with Crippen molar-refractivity contribution in [2.24, 2.45) is 0 Å². The summed E-state index contributed by atoms with van der Waals surface area (Å²) in [5.74, 6) is 0.755. The van der Waals surface area contributed by atoms with Crippen LogP contribution < -0.4 is 4.74 Å². The highest BCUT2D eigenvalue weighted by molar-refractivity contribution is 5.38. The lowest BCUT2D eigenvalue weighted by molar-refractivity contribution is 0.134. The maximum Gasteiger partial charge on any atom is 0.124 e. The molecule has 1 aromatic rings. The van der Waals surface area contributed by atoms with Crippen molar-refractivity contribution < 1.29 is 14.6 Å². The van der Waals surface area contributed by atoms with Gasteiger partial charge in [-0.05, 0) is 31.4 Å². The lowest BCUT2D eigenvalue weighted by atomic mass is 10.0. The summed E-state index contributed by atoms with van der Waals surface area (Å²) >= 11 is 0. The van der Waals surface area contributed by atoms with Crippen LogP contribution in [0.15, 0.2) is 18.2 Å². The Balaban J connectivity index is 2.70. The molecule has 1 unspecified atom stereocenters. The zero-order chi connectivity index (χ0) is 12.0. The van der Waals surface area contributed by atoms with Gasteiger partial charge in [0.2, 0.25) is 0 Å². The number of hydrogen-bond donors (Lipinski definition) is 1. The normalized spacial score (nSPS) is 12.5. The standard InChI is InChI=1S/C13H20O3/c1-10-6-7-11(13(9-10)16-3)12(14)5-4-8-15-2/h6-7,9,12,14H,4-5,8H2,1-3H3. The van der Waals surface area contributed by atoms with Crippen molar-refractivity contribution in [1.29, 1.82) is 0 Å². The number of aliphatic hydroxyl groups excluding tert-OH is 1. The molecule has 1 N–H and O–H groups in total. The monoisotopic (exact) mass is 224 g/mol. The van der Waals surface area contributed by atoms with E-state index in [1.54, 1.807) is 14.2 Å². The van der Waals surface area contributed by atoms with Gasteiger partial charge in [-0.3, -0.25) is 0 Å². The summed E-state index contributed by atoms with van der Waals surface area (Å²) in [4.78, 5) is 0. The second-order valence-corrected chi connectivity index (χ2v) is 3.90. The van der Waals surface area contributed by atoms with Gasteiger partial charge in [-0.2, -0.15) is 0 Å². The molecule has 0 spiro atoms. The fourth-order valence-corrected chi connectivity index (χ4v) is 1.67. The molecular formula is C13H20O3. The molecule has 90 valence electrons. The predicted octanol–water partition coefficient (Wildman–Crippen LogP) is 2.46. The van der Waals surface area contributed by atoms with Gasteiger partial charge in [0, 0.05) is 19.3 Å². The lowest BCUT2D eigenvalue weighted by Crippen LogP contribution is -2.02. The van der Waals surface area contributed by atoms with Gasteiger partial charge in [-0.15, -0.1) is 0 Å². The molecule has 0 bridgehead atoms. The van der Waals surface area contributed by atoms with Gasteiger partial charge in [-0.1, -0.05) is 12.1 Å². The number of rotatable bonds is 6. The van der Waals surface area contributed by atoms with Crippen molar-refractivity contribution in [2.75, 3.05) is 20.8 Å². The van der Waals surface area contributed by atoms with Gasteiger partial charge in [0.1, 0.15) is 5.75 Å². The number of aryl methyl sites for hydroxylation is 1. The van der Waals surface area contributed by atoms with E-state index in [1.807, 2.05) is 25.1 Å². The Bertz CT molecular complexity index is 323. The molecule has 0 radical (unpaired) electrons. The maximum absolute atomic E-state index is 10.0. The molecule has 3 heteroatoms. The smallest absolute Gasteiger partial charge is 0.124 e. The molecule has 0 aliphatic rings. The SMILES string of the molecule is COCCCC(O)c1ccc(C)cc1OC. The number of benzene rings is 1. The summed E-state index contributed by atoms with van der Waals surface area (Å²) in [6, 6.07) is 5.85. The highest BCUT2D eigenvalue weighted by Gasteiger charge is 2.12. The van der Waals surface area contributed by atoms with Crippen LogP contribution in [-0.4, -0.2) is 25.9 Å². The minimum absolute atomic E-state index is 0.481. The summed E-state index contributed by atoms with van der Waals surface area (Å²) in [6.07, 6.45) is 1.05. The van der Waals surface area contributed by atoms with Crippen LogP contribution in [0.2, 0.25) is 0 Å².